The van der Waals surface area contributed by atoms with E-state index in [1.807, 2.05) is 6.07 Å². The largest absolute Gasteiger partial charge is 0.456 e. The molecule has 108 valence electrons. The van der Waals surface area contributed by atoms with Crippen LogP contribution in [0.1, 0.15) is 5.69 Å². The summed E-state index contributed by atoms with van der Waals surface area (Å²) in [4.78, 5) is 31.2. The zero-order chi connectivity index (χ0) is 15.0. The summed E-state index contributed by atoms with van der Waals surface area (Å²) < 4.78 is 7.48. The molecule has 7 nitrogen and oxygen atoms in total. The van der Waals surface area contributed by atoms with Crippen molar-refractivity contribution in [3.8, 4) is 5.75 Å². The van der Waals surface area contributed by atoms with E-state index in [9.17, 15) is 9.59 Å². The molecule has 0 aliphatic rings. The van der Waals surface area contributed by atoms with Crippen molar-refractivity contribution in [2.24, 2.45) is 7.05 Å². The quantitative estimate of drug-likeness (QED) is 0.737. The monoisotopic (exact) mass is 306 g/mol. The number of nitrogens with zero attached hydrogens (tertiary/aromatic N) is 3. The molecule has 2 aromatic heterocycles. The number of aromatic nitrogens is 4. The van der Waals surface area contributed by atoms with Crippen LogP contribution in [0.15, 0.2) is 46.2 Å². The number of benzene rings is 1. The van der Waals surface area contributed by atoms with Gasteiger partial charge in [-0.1, -0.05) is 29.8 Å². The summed E-state index contributed by atoms with van der Waals surface area (Å²) in [7, 11) is 1.51. The molecule has 21 heavy (non-hydrogen) atoms. The van der Waals surface area contributed by atoms with Crippen LogP contribution in [0, 0.1) is 0 Å². The van der Waals surface area contributed by atoms with Gasteiger partial charge < -0.3 is 9.72 Å². The van der Waals surface area contributed by atoms with Gasteiger partial charge >= 0.3 is 5.69 Å². The van der Waals surface area contributed by atoms with Gasteiger partial charge in [-0.15, -0.1) is 0 Å². The smallest absolute Gasteiger partial charge is 0.336 e. The van der Waals surface area contributed by atoms with Gasteiger partial charge in [0, 0.05) is 7.05 Å². The van der Waals surface area contributed by atoms with Crippen LogP contribution in [-0.4, -0.2) is 19.1 Å². The first-order chi connectivity index (χ1) is 10.1. The number of hydrogen-bond acceptors (Lipinski definition) is 4. The predicted molar refractivity (Wildman–Crippen MR) is 77.6 cm³/mol. The minimum Gasteiger partial charge on any atom is -0.456 e. The van der Waals surface area contributed by atoms with Crippen molar-refractivity contribution in [1.29, 1.82) is 0 Å². The molecule has 0 bridgehead atoms. The van der Waals surface area contributed by atoms with E-state index >= 15 is 0 Å². The second-order valence-corrected chi connectivity index (χ2v) is 4.71. The summed E-state index contributed by atoms with van der Waals surface area (Å²) in [6, 6.07) is 8.70. The van der Waals surface area contributed by atoms with E-state index in [0.717, 1.165) is 4.57 Å². The number of para-hydroxylation sites is 1. The van der Waals surface area contributed by atoms with Crippen LogP contribution in [0.2, 0.25) is 0 Å². The lowest BCUT2D eigenvalue weighted by Gasteiger charge is -2.15. The first-order valence-corrected chi connectivity index (χ1v) is 6.53. The first-order valence-electron chi connectivity index (χ1n) is 6.10. The molecule has 8 heteroatoms. The van der Waals surface area contributed by atoms with E-state index in [4.69, 9.17) is 16.3 Å². The number of aryl methyl sites for hydroxylation is 1. The number of alkyl halides is 1. The summed E-state index contributed by atoms with van der Waals surface area (Å²) in [5.74, 6) is 0.455. The number of nitrogens with one attached hydrogen (secondary N) is 1. The Balaban J connectivity index is 2.12. The van der Waals surface area contributed by atoms with Gasteiger partial charge in [-0.3, -0.25) is 9.36 Å². The minimum absolute atomic E-state index is 0.194. The van der Waals surface area contributed by atoms with Crippen molar-refractivity contribution in [1.82, 2.24) is 19.1 Å². The molecule has 1 unspecified atom stereocenters. The molecule has 1 N–H and O–H groups in total. The Morgan fingerprint density at radius 3 is 2.71 bits per heavy atom. The Bertz CT molecular complexity index is 897. The van der Waals surface area contributed by atoms with Gasteiger partial charge in [0.2, 0.25) is 0 Å². The van der Waals surface area contributed by atoms with Gasteiger partial charge in [0.05, 0.1) is 6.33 Å². The molecular formula is C13H11ClN4O3. The molecule has 0 fully saturated rings. The molecule has 3 rings (SSSR count). The fourth-order valence-electron chi connectivity index (χ4n) is 2.00. The molecule has 1 atom stereocenters. The maximum atomic E-state index is 12.3. The SMILES string of the molecule is Cn1c(=O)n(C(Cl)Oc2ccccc2)c(=O)c2[nH]cnc21. The molecule has 0 amide bonds. The van der Waals surface area contributed by atoms with Gasteiger partial charge in [-0.2, -0.15) is 0 Å². The summed E-state index contributed by atoms with van der Waals surface area (Å²) in [5, 5.41) is 0. The van der Waals surface area contributed by atoms with Crippen molar-refractivity contribution >= 4 is 22.8 Å². The van der Waals surface area contributed by atoms with Crippen LogP contribution in [0.4, 0.5) is 0 Å². The number of hydrogen-bond donors (Lipinski definition) is 1. The van der Waals surface area contributed by atoms with Crippen LogP contribution in [0.3, 0.4) is 0 Å². The standard InChI is InChI=1S/C13H11ClN4O3/c1-17-10-9(15-7-16-10)11(19)18(13(17)20)12(14)21-8-5-3-2-4-6-8/h2-7,12H,1H3,(H,15,16). The predicted octanol–water partition coefficient (Wildman–Crippen LogP) is 1.20. The van der Waals surface area contributed by atoms with Crippen molar-refractivity contribution < 1.29 is 4.74 Å². The number of aromatic amines is 1. The fourth-order valence-corrected chi connectivity index (χ4v) is 2.28. The molecule has 0 aliphatic heterocycles. The van der Waals surface area contributed by atoms with E-state index in [-0.39, 0.29) is 11.2 Å². The van der Waals surface area contributed by atoms with Crippen molar-refractivity contribution in [3.63, 3.8) is 0 Å². The topological polar surface area (TPSA) is 81.9 Å². The van der Waals surface area contributed by atoms with E-state index in [0.29, 0.717) is 5.75 Å². The molecule has 0 saturated heterocycles. The fraction of sp³-hybridized carbons (Fsp3) is 0.154. The third kappa shape index (κ3) is 2.21. The second-order valence-electron chi connectivity index (χ2n) is 4.34. The van der Waals surface area contributed by atoms with E-state index in [2.05, 4.69) is 9.97 Å². The number of halogens is 1. The van der Waals surface area contributed by atoms with E-state index in [1.54, 1.807) is 24.3 Å². The van der Waals surface area contributed by atoms with Crippen LogP contribution in [-0.2, 0) is 7.05 Å². The zero-order valence-electron chi connectivity index (χ0n) is 11.0. The lowest BCUT2D eigenvalue weighted by atomic mass is 10.3. The first kappa shape index (κ1) is 13.4. The Morgan fingerprint density at radius 2 is 2.00 bits per heavy atom. The third-order valence-corrected chi connectivity index (χ3v) is 3.33. The summed E-state index contributed by atoms with van der Waals surface area (Å²) in [5.41, 5.74) is -1.98. The van der Waals surface area contributed by atoms with Gasteiger partial charge in [-0.25, -0.2) is 14.3 Å². The highest BCUT2D eigenvalue weighted by atomic mass is 35.5. The summed E-state index contributed by atoms with van der Waals surface area (Å²) >= 11 is 6.08. The number of imidazole rings is 1. The second kappa shape index (κ2) is 5.10. The van der Waals surface area contributed by atoms with Crippen molar-refractivity contribution in [3.05, 3.63) is 57.5 Å². The van der Waals surface area contributed by atoms with Gasteiger partial charge in [0.15, 0.2) is 5.65 Å². The maximum Gasteiger partial charge on any atom is 0.336 e. The molecule has 0 aliphatic carbocycles. The average molecular weight is 307 g/mol. The molecule has 0 saturated carbocycles. The van der Waals surface area contributed by atoms with Crippen molar-refractivity contribution in [2.45, 2.75) is 5.69 Å². The number of rotatable bonds is 3. The highest BCUT2D eigenvalue weighted by Gasteiger charge is 2.19. The van der Waals surface area contributed by atoms with Crippen LogP contribution in [0.25, 0.3) is 11.2 Å². The van der Waals surface area contributed by atoms with E-state index in [1.165, 1.54) is 17.9 Å². The Labute approximate surface area is 123 Å². The summed E-state index contributed by atoms with van der Waals surface area (Å²) in [6.45, 7) is 0. The maximum absolute atomic E-state index is 12.3. The Kier molecular flexibility index (Phi) is 3.26. The number of H-pyrrole nitrogens is 1. The van der Waals surface area contributed by atoms with Crippen LogP contribution < -0.4 is 16.0 Å². The number of fused-ring (bicyclic) bond motifs is 1. The molecule has 3 aromatic rings. The molecule has 0 radical (unpaired) electrons. The van der Waals surface area contributed by atoms with Gasteiger partial charge in [0.25, 0.3) is 11.2 Å². The molecule has 0 spiro atoms. The third-order valence-electron chi connectivity index (χ3n) is 3.04. The minimum atomic E-state index is -1.26. The highest BCUT2D eigenvalue weighted by Crippen LogP contribution is 2.18. The van der Waals surface area contributed by atoms with Crippen LogP contribution in [0.5, 0.6) is 5.75 Å². The Morgan fingerprint density at radius 1 is 1.29 bits per heavy atom. The normalized spacial score (nSPS) is 12.5. The highest BCUT2D eigenvalue weighted by molar-refractivity contribution is 6.18. The summed E-state index contributed by atoms with van der Waals surface area (Å²) in [6.07, 6.45) is 1.34. The van der Waals surface area contributed by atoms with Gasteiger partial charge in [-0.05, 0) is 12.1 Å². The molecular weight excluding hydrogens is 296 g/mol. The van der Waals surface area contributed by atoms with Crippen molar-refractivity contribution in [2.75, 3.05) is 0 Å². The lowest BCUT2D eigenvalue weighted by Crippen LogP contribution is -2.41. The average Bonchev–Trinajstić information content (AvgIpc) is 2.96. The number of ether oxygens (including phenoxy) is 1. The van der Waals surface area contributed by atoms with Crippen LogP contribution >= 0.6 is 11.6 Å². The molecule has 2 heterocycles. The van der Waals surface area contributed by atoms with Gasteiger partial charge in [0.1, 0.15) is 11.3 Å². The Hall–Kier alpha value is -2.54. The van der Waals surface area contributed by atoms with E-state index < -0.39 is 16.9 Å². The lowest BCUT2D eigenvalue weighted by molar-refractivity contribution is 0.205. The zero-order valence-corrected chi connectivity index (χ0v) is 11.7. The molecule has 1 aromatic carbocycles.